The number of carbonyl (C=O) groups is 2. The lowest BCUT2D eigenvalue weighted by Crippen LogP contribution is -2.15. The minimum absolute atomic E-state index is 0.0983. The summed E-state index contributed by atoms with van der Waals surface area (Å²) in [4.78, 5) is 40.6. The second-order valence-electron chi connectivity index (χ2n) is 6.89. The van der Waals surface area contributed by atoms with Gasteiger partial charge in [0.2, 0.25) is 0 Å². The summed E-state index contributed by atoms with van der Waals surface area (Å²) in [6.07, 6.45) is 0. The van der Waals surface area contributed by atoms with Crippen LogP contribution in [0.15, 0.2) is 83.3 Å². The van der Waals surface area contributed by atoms with Crippen LogP contribution in [0.2, 0.25) is 0 Å². The van der Waals surface area contributed by atoms with E-state index in [9.17, 15) is 19.7 Å². The van der Waals surface area contributed by atoms with E-state index in [1.54, 1.807) is 24.3 Å². The van der Waals surface area contributed by atoms with Crippen molar-refractivity contribution in [3.63, 3.8) is 0 Å². The number of Topliss-reactive ketones (excluding diaryl/α,β-unsaturated/α-hetero) is 1. The second-order valence-corrected chi connectivity index (χ2v) is 7.80. The highest BCUT2D eigenvalue weighted by molar-refractivity contribution is 9.10. The van der Waals surface area contributed by atoms with E-state index in [0.29, 0.717) is 16.8 Å². The van der Waals surface area contributed by atoms with E-state index in [1.807, 2.05) is 30.3 Å². The van der Waals surface area contributed by atoms with Crippen molar-refractivity contribution in [2.45, 2.75) is 0 Å². The maximum Gasteiger partial charge on any atom is 0.339 e. The number of aromatic nitrogens is 1. The van der Waals surface area contributed by atoms with E-state index in [2.05, 4.69) is 20.9 Å². The van der Waals surface area contributed by atoms with E-state index >= 15 is 0 Å². The van der Waals surface area contributed by atoms with E-state index in [-0.39, 0.29) is 22.4 Å². The van der Waals surface area contributed by atoms with Gasteiger partial charge in [0, 0.05) is 33.1 Å². The average Bonchev–Trinajstić information content (AvgIpc) is 2.82. The molecule has 0 unspecified atom stereocenters. The number of ether oxygens (including phenoxy) is 1. The first-order valence-corrected chi connectivity index (χ1v) is 10.3. The van der Waals surface area contributed by atoms with Gasteiger partial charge in [0.05, 0.1) is 21.7 Å². The Kier molecular flexibility index (Phi) is 6.04. The molecular formula is C24H15BrN2O5. The van der Waals surface area contributed by atoms with Crippen LogP contribution < -0.4 is 0 Å². The highest BCUT2D eigenvalue weighted by Gasteiger charge is 2.19. The van der Waals surface area contributed by atoms with E-state index in [4.69, 9.17) is 4.74 Å². The molecule has 1 aromatic heterocycles. The lowest BCUT2D eigenvalue weighted by molar-refractivity contribution is -0.384. The molecule has 7 nitrogen and oxygen atoms in total. The molecule has 0 aliphatic rings. The first-order chi connectivity index (χ1) is 15.4. The van der Waals surface area contributed by atoms with Gasteiger partial charge in [-0.05, 0) is 24.3 Å². The average molecular weight is 491 g/mol. The number of rotatable bonds is 6. The predicted octanol–water partition coefficient (Wildman–Crippen LogP) is 5.61. The fourth-order valence-electron chi connectivity index (χ4n) is 3.18. The SMILES string of the molecule is O=C(COC(=O)c1cc(-c2ccccc2)nc2ccc([N+](=O)[O-])cc12)c1ccc(Br)cc1. The Morgan fingerprint density at radius 3 is 2.38 bits per heavy atom. The number of nitro benzene ring substituents is 1. The number of hydrogen-bond donors (Lipinski definition) is 0. The Hall–Kier alpha value is -3.91. The van der Waals surface area contributed by atoms with Gasteiger partial charge in [-0.2, -0.15) is 0 Å². The van der Waals surface area contributed by atoms with Gasteiger partial charge in [-0.25, -0.2) is 9.78 Å². The van der Waals surface area contributed by atoms with Gasteiger partial charge in [0.1, 0.15) is 0 Å². The molecule has 4 rings (SSSR count). The van der Waals surface area contributed by atoms with Gasteiger partial charge in [-0.3, -0.25) is 14.9 Å². The first kappa shape index (κ1) is 21.3. The van der Waals surface area contributed by atoms with Crippen LogP contribution in [0.4, 0.5) is 5.69 Å². The predicted molar refractivity (Wildman–Crippen MR) is 123 cm³/mol. The monoisotopic (exact) mass is 490 g/mol. The number of hydrogen-bond acceptors (Lipinski definition) is 6. The molecule has 32 heavy (non-hydrogen) atoms. The third-order valence-corrected chi connectivity index (χ3v) is 5.32. The molecule has 0 amide bonds. The van der Waals surface area contributed by atoms with Crippen molar-refractivity contribution in [1.29, 1.82) is 0 Å². The van der Waals surface area contributed by atoms with Gasteiger partial charge in [0.15, 0.2) is 12.4 Å². The molecule has 0 radical (unpaired) electrons. The van der Waals surface area contributed by atoms with Gasteiger partial charge in [0.25, 0.3) is 5.69 Å². The van der Waals surface area contributed by atoms with Crippen molar-refractivity contribution in [2.24, 2.45) is 0 Å². The number of non-ortho nitro benzene ring substituents is 1. The largest absolute Gasteiger partial charge is 0.454 e. The lowest BCUT2D eigenvalue weighted by Gasteiger charge is -2.10. The van der Waals surface area contributed by atoms with Gasteiger partial charge in [-0.15, -0.1) is 0 Å². The number of pyridine rings is 1. The third-order valence-electron chi connectivity index (χ3n) is 4.79. The molecule has 0 spiro atoms. The fraction of sp³-hybridized carbons (Fsp3) is 0.0417. The van der Waals surface area contributed by atoms with Crippen LogP contribution in [0.25, 0.3) is 22.2 Å². The molecule has 4 aromatic rings. The number of nitro groups is 1. The molecule has 0 aliphatic carbocycles. The Bertz CT molecular complexity index is 1340. The number of benzene rings is 3. The van der Waals surface area contributed by atoms with Crippen molar-refractivity contribution in [1.82, 2.24) is 4.98 Å². The van der Waals surface area contributed by atoms with E-state index in [0.717, 1.165) is 10.0 Å². The van der Waals surface area contributed by atoms with Gasteiger partial charge < -0.3 is 4.74 Å². The van der Waals surface area contributed by atoms with Crippen LogP contribution in [-0.2, 0) is 4.74 Å². The topological polar surface area (TPSA) is 99.4 Å². The summed E-state index contributed by atoms with van der Waals surface area (Å²) in [5.74, 6) is -1.13. The molecule has 0 saturated carbocycles. The zero-order chi connectivity index (χ0) is 22.7. The minimum atomic E-state index is -0.763. The summed E-state index contributed by atoms with van der Waals surface area (Å²) in [6, 6.07) is 21.5. The Morgan fingerprint density at radius 2 is 1.69 bits per heavy atom. The van der Waals surface area contributed by atoms with Crippen LogP contribution in [-0.4, -0.2) is 28.3 Å². The van der Waals surface area contributed by atoms with Crippen molar-refractivity contribution >= 4 is 44.3 Å². The zero-order valence-corrected chi connectivity index (χ0v) is 18.1. The van der Waals surface area contributed by atoms with Crippen LogP contribution >= 0.6 is 15.9 Å². The number of ketones is 1. The Balaban J connectivity index is 1.70. The number of nitrogens with zero attached hydrogens (tertiary/aromatic N) is 2. The first-order valence-electron chi connectivity index (χ1n) is 9.53. The van der Waals surface area contributed by atoms with Crippen molar-refractivity contribution in [3.8, 4) is 11.3 Å². The summed E-state index contributed by atoms with van der Waals surface area (Å²) in [7, 11) is 0. The van der Waals surface area contributed by atoms with Crippen LogP contribution in [0.3, 0.4) is 0 Å². The smallest absolute Gasteiger partial charge is 0.339 e. The number of fused-ring (bicyclic) bond motifs is 1. The van der Waals surface area contributed by atoms with Crippen molar-refractivity contribution in [3.05, 3.63) is 105 Å². The lowest BCUT2D eigenvalue weighted by atomic mass is 10.0. The fourth-order valence-corrected chi connectivity index (χ4v) is 3.45. The standard InChI is InChI=1S/C24H15BrN2O5/c25-17-8-6-16(7-9-17)23(28)14-32-24(29)20-13-22(15-4-2-1-3-5-15)26-21-11-10-18(27(30)31)12-19(20)21/h1-13H,14H2. The second kappa shape index (κ2) is 9.07. The Labute approximate surface area is 190 Å². The molecule has 0 bridgehead atoms. The maximum atomic E-state index is 12.9. The van der Waals surface area contributed by atoms with Crippen molar-refractivity contribution < 1.29 is 19.2 Å². The number of carbonyl (C=O) groups excluding carboxylic acids is 2. The molecule has 0 N–H and O–H groups in total. The zero-order valence-electron chi connectivity index (χ0n) is 16.5. The molecule has 1 heterocycles. The molecule has 0 fully saturated rings. The molecule has 158 valence electrons. The van der Waals surface area contributed by atoms with Crippen LogP contribution in [0.5, 0.6) is 0 Å². The molecule has 0 aliphatic heterocycles. The number of esters is 1. The summed E-state index contributed by atoms with van der Waals surface area (Å²) in [5, 5.41) is 11.5. The van der Waals surface area contributed by atoms with Crippen molar-refractivity contribution in [2.75, 3.05) is 6.61 Å². The Morgan fingerprint density at radius 1 is 0.969 bits per heavy atom. The molecule has 8 heteroatoms. The summed E-state index contributed by atoms with van der Waals surface area (Å²) < 4.78 is 6.10. The molecular weight excluding hydrogens is 476 g/mol. The summed E-state index contributed by atoms with van der Waals surface area (Å²) >= 11 is 3.30. The quantitative estimate of drug-likeness (QED) is 0.150. The van der Waals surface area contributed by atoms with Gasteiger partial charge >= 0.3 is 5.97 Å². The van der Waals surface area contributed by atoms with Crippen LogP contribution in [0, 0.1) is 10.1 Å². The third kappa shape index (κ3) is 4.55. The van der Waals surface area contributed by atoms with E-state index < -0.39 is 17.5 Å². The van der Waals surface area contributed by atoms with E-state index in [1.165, 1.54) is 24.3 Å². The molecule has 3 aromatic carbocycles. The normalized spacial score (nSPS) is 10.7. The highest BCUT2D eigenvalue weighted by atomic mass is 79.9. The summed E-state index contributed by atoms with van der Waals surface area (Å²) in [6.45, 7) is -0.458. The van der Waals surface area contributed by atoms with Crippen LogP contribution in [0.1, 0.15) is 20.7 Å². The highest BCUT2D eigenvalue weighted by Crippen LogP contribution is 2.28. The minimum Gasteiger partial charge on any atom is -0.454 e. The molecule has 0 atom stereocenters. The number of halogens is 1. The summed E-state index contributed by atoms with van der Waals surface area (Å²) in [5.41, 5.74) is 2.02. The molecule has 0 saturated heterocycles. The maximum absolute atomic E-state index is 12.9. The van der Waals surface area contributed by atoms with Gasteiger partial charge in [-0.1, -0.05) is 58.4 Å².